The van der Waals surface area contributed by atoms with Gasteiger partial charge in [0.15, 0.2) is 5.52 Å². The Kier molecular flexibility index (Phi) is 1.36. The average molecular weight is 163 g/mol. The van der Waals surface area contributed by atoms with Crippen LogP contribution in [0.1, 0.15) is 0 Å². The van der Waals surface area contributed by atoms with Gasteiger partial charge in [-0.2, -0.15) is 0 Å². The molecule has 0 atom stereocenters. The average Bonchev–Trinajstić information content (AvgIpc) is 2.03. The molecule has 0 aliphatic rings. The van der Waals surface area contributed by atoms with Crippen molar-refractivity contribution in [2.75, 3.05) is 0 Å². The van der Waals surface area contributed by atoms with E-state index in [-0.39, 0.29) is 5.56 Å². The number of H-pyrrole nitrogens is 1. The highest BCUT2D eigenvalue weighted by atomic mass is 16.1. The van der Waals surface area contributed by atoms with Gasteiger partial charge in [-0.25, -0.2) is 9.55 Å². The van der Waals surface area contributed by atoms with E-state index in [0.717, 1.165) is 0 Å². The molecule has 0 saturated carbocycles. The first-order chi connectivity index (χ1) is 5.75. The maximum Gasteiger partial charge on any atom is 0.293 e. The third kappa shape index (κ3) is 1.05. The van der Waals surface area contributed by atoms with Gasteiger partial charge in [0.05, 0.1) is 13.2 Å². The van der Waals surface area contributed by atoms with Gasteiger partial charge in [0.1, 0.15) is 6.20 Å². The van der Waals surface area contributed by atoms with Gasteiger partial charge in [-0.3, -0.25) is 4.79 Å². The van der Waals surface area contributed by atoms with Crippen LogP contribution in [0.25, 0.3) is 11.2 Å². The lowest BCUT2D eigenvalue weighted by molar-refractivity contribution is -0.673. The molecule has 0 saturated heterocycles. The largest absolute Gasteiger partial charge is 0.313 e. The summed E-state index contributed by atoms with van der Waals surface area (Å²) in [5, 5.41) is 0. The summed E-state index contributed by atoms with van der Waals surface area (Å²) in [7, 11) is 1.83. The Bertz CT molecular complexity index is 476. The maximum absolute atomic E-state index is 10.8. The van der Waals surface area contributed by atoms with Gasteiger partial charge in [-0.15, -0.1) is 0 Å². The molecule has 0 fully saturated rings. The Morgan fingerprint density at radius 1 is 1.50 bits per heavy atom. The first-order valence-corrected chi connectivity index (χ1v) is 3.46. The molecule has 2 heterocycles. The Balaban J connectivity index is 2.89. The van der Waals surface area contributed by atoms with Crippen molar-refractivity contribution in [1.29, 1.82) is 0 Å². The summed E-state index contributed by atoms with van der Waals surface area (Å²) in [6.45, 7) is 0. The molecule has 2 aromatic rings. The molecular formula is C7H7N4O+. The highest BCUT2D eigenvalue weighted by molar-refractivity contribution is 5.65. The van der Waals surface area contributed by atoms with Crippen LogP contribution in [0, 0.1) is 0 Å². The number of aromatic nitrogens is 4. The molecule has 5 nitrogen and oxygen atoms in total. The molecule has 0 unspecified atom stereocenters. The zero-order valence-electron chi connectivity index (χ0n) is 6.48. The lowest BCUT2D eigenvalue weighted by Crippen LogP contribution is -2.28. The number of aromatic amines is 1. The summed E-state index contributed by atoms with van der Waals surface area (Å²) in [6, 6.07) is 0. The number of nitrogens with one attached hydrogen (secondary N) is 1. The fraction of sp³-hybridized carbons (Fsp3) is 0.143. The first kappa shape index (κ1) is 6.90. The van der Waals surface area contributed by atoms with Gasteiger partial charge in [0.25, 0.3) is 17.5 Å². The molecule has 0 aliphatic carbocycles. The van der Waals surface area contributed by atoms with E-state index in [2.05, 4.69) is 15.0 Å². The van der Waals surface area contributed by atoms with Crippen LogP contribution in [0.4, 0.5) is 0 Å². The van der Waals surface area contributed by atoms with Gasteiger partial charge >= 0.3 is 0 Å². The summed E-state index contributed by atoms with van der Waals surface area (Å²) in [6.07, 6.45) is 4.61. The summed E-state index contributed by atoms with van der Waals surface area (Å²) in [5.41, 5.74) is 0.982. The second-order valence-corrected chi connectivity index (χ2v) is 2.52. The number of rotatable bonds is 0. The van der Waals surface area contributed by atoms with Gasteiger partial charge in [0, 0.05) is 0 Å². The molecule has 0 aliphatic heterocycles. The van der Waals surface area contributed by atoms with Crippen molar-refractivity contribution < 1.29 is 4.57 Å². The zero-order chi connectivity index (χ0) is 8.55. The molecule has 0 bridgehead atoms. The summed E-state index contributed by atoms with van der Waals surface area (Å²) >= 11 is 0. The third-order valence-electron chi connectivity index (χ3n) is 1.50. The Morgan fingerprint density at radius 3 is 3.17 bits per heavy atom. The van der Waals surface area contributed by atoms with E-state index in [9.17, 15) is 4.79 Å². The summed E-state index contributed by atoms with van der Waals surface area (Å²) in [4.78, 5) is 21.3. The predicted octanol–water partition coefficient (Wildman–Crippen LogP) is -0.857. The Labute approximate surface area is 67.7 Å². The second kappa shape index (κ2) is 2.37. The summed E-state index contributed by atoms with van der Waals surface area (Å²) in [5.74, 6) is 0. The van der Waals surface area contributed by atoms with Gasteiger partial charge < -0.3 is 4.98 Å². The van der Waals surface area contributed by atoms with Crippen LogP contribution in [0.15, 0.2) is 23.5 Å². The van der Waals surface area contributed by atoms with Crippen LogP contribution in [0.5, 0.6) is 0 Å². The van der Waals surface area contributed by atoms with Crippen molar-refractivity contribution in [3.8, 4) is 0 Å². The molecule has 60 valence electrons. The number of nitrogens with zero attached hydrogens (tertiary/aromatic N) is 3. The van der Waals surface area contributed by atoms with Crippen molar-refractivity contribution in [2.24, 2.45) is 7.05 Å². The lowest BCUT2D eigenvalue weighted by Gasteiger charge is -1.89. The van der Waals surface area contributed by atoms with E-state index in [0.29, 0.717) is 11.2 Å². The molecule has 2 rings (SSSR count). The van der Waals surface area contributed by atoms with E-state index in [4.69, 9.17) is 0 Å². The van der Waals surface area contributed by atoms with Crippen LogP contribution in [0.3, 0.4) is 0 Å². The fourth-order valence-electron chi connectivity index (χ4n) is 0.986. The first-order valence-electron chi connectivity index (χ1n) is 3.46. The summed E-state index contributed by atoms with van der Waals surface area (Å²) < 4.78 is 1.75. The number of aryl methyl sites for hydroxylation is 1. The molecule has 0 radical (unpaired) electrons. The van der Waals surface area contributed by atoms with E-state index >= 15 is 0 Å². The Morgan fingerprint density at radius 2 is 2.33 bits per heavy atom. The van der Waals surface area contributed by atoms with E-state index in [1.807, 2.05) is 7.05 Å². The minimum absolute atomic E-state index is 0.212. The molecule has 5 heteroatoms. The van der Waals surface area contributed by atoms with Crippen LogP contribution >= 0.6 is 0 Å². The quantitative estimate of drug-likeness (QED) is 0.514. The standard InChI is InChI=1S/C7H6N4O/c1-11-3-5-7(9-4-11)8-2-6(12)10-5/h2-4H,1H3/p+1. The molecule has 0 amide bonds. The van der Waals surface area contributed by atoms with E-state index in [1.165, 1.54) is 6.20 Å². The minimum atomic E-state index is -0.212. The number of hydrogen-bond acceptors (Lipinski definition) is 3. The third-order valence-corrected chi connectivity index (χ3v) is 1.50. The zero-order valence-corrected chi connectivity index (χ0v) is 6.48. The normalized spacial score (nSPS) is 10.4. The molecule has 1 N–H and O–H groups in total. The van der Waals surface area contributed by atoms with E-state index in [1.54, 1.807) is 17.1 Å². The van der Waals surface area contributed by atoms with Crippen molar-refractivity contribution in [1.82, 2.24) is 15.0 Å². The number of hydrogen-bond donors (Lipinski definition) is 1. The fourth-order valence-corrected chi connectivity index (χ4v) is 0.986. The predicted molar refractivity (Wildman–Crippen MR) is 41.3 cm³/mol. The van der Waals surface area contributed by atoms with Crippen molar-refractivity contribution in [2.45, 2.75) is 0 Å². The molecule has 2 aromatic heterocycles. The maximum atomic E-state index is 10.8. The SMILES string of the molecule is C[n+]1cnc2ncc(=O)[nH]c2c1. The van der Waals surface area contributed by atoms with Gasteiger partial charge in [0.2, 0.25) is 0 Å². The molecule has 0 spiro atoms. The van der Waals surface area contributed by atoms with Crippen molar-refractivity contribution in [3.05, 3.63) is 29.1 Å². The monoisotopic (exact) mass is 163 g/mol. The van der Waals surface area contributed by atoms with Crippen molar-refractivity contribution in [3.63, 3.8) is 0 Å². The highest BCUT2D eigenvalue weighted by Crippen LogP contribution is 1.95. The topological polar surface area (TPSA) is 62.5 Å². The molecular weight excluding hydrogens is 156 g/mol. The molecule has 12 heavy (non-hydrogen) atoms. The van der Waals surface area contributed by atoms with Gasteiger partial charge in [-0.05, 0) is 4.98 Å². The van der Waals surface area contributed by atoms with Crippen molar-refractivity contribution >= 4 is 11.2 Å². The number of fused-ring (bicyclic) bond motifs is 1. The minimum Gasteiger partial charge on any atom is -0.313 e. The van der Waals surface area contributed by atoms with Crippen LogP contribution in [0.2, 0.25) is 0 Å². The van der Waals surface area contributed by atoms with Gasteiger partial charge in [-0.1, -0.05) is 0 Å². The van der Waals surface area contributed by atoms with Crippen LogP contribution in [-0.2, 0) is 7.05 Å². The van der Waals surface area contributed by atoms with E-state index < -0.39 is 0 Å². The molecule has 0 aromatic carbocycles. The lowest BCUT2D eigenvalue weighted by atomic mass is 10.5. The second-order valence-electron chi connectivity index (χ2n) is 2.52. The highest BCUT2D eigenvalue weighted by Gasteiger charge is 2.02. The Hall–Kier alpha value is -1.78. The van der Waals surface area contributed by atoms with Crippen LogP contribution in [-0.4, -0.2) is 15.0 Å². The smallest absolute Gasteiger partial charge is 0.293 e. The van der Waals surface area contributed by atoms with Crippen LogP contribution < -0.4 is 10.1 Å².